The van der Waals surface area contributed by atoms with Crippen LogP contribution in [0.4, 0.5) is 0 Å². The van der Waals surface area contributed by atoms with Gasteiger partial charge in [-0.25, -0.2) is 0 Å². The number of carbonyl (C=O) groups excluding carboxylic acids is 5. The van der Waals surface area contributed by atoms with E-state index < -0.39 is 60.4 Å². The van der Waals surface area contributed by atoms with E-state index in [9.17, 15) is 24.0 Å². The lowest BCUT2D eigenvalue weighted by Crippen LogP contribution is -2.66. The summed E-state index contributed by atoms with van der Waals surface area (Å²) in [5.41, 5.74) is 0. The van der Waals surface area contributed by atoms with E-state index in [0.29, 0.717) is 0 Å². The highest BCUT2D eigenvalue weighted by Crippen LogP contribution is 2.28. The van der Waals surface area contributed by atoms with Gasteiger partial charge in [0.25, 0.3) is 0 Å². The molecule has 1 amide bonds. The molecule has 1 aliphatic rings. The van der Waals surface area contributed by atoms with Crippen LogP contribution in [-0.2, 0) is 47.7 Å². The average Bonchev–Trinajstić information content (AvgIpc) is 2.57. The van der Waals surface area contributed by atoms with E-state index >= 15 is 0 Å². The summed E-state index contributed by atoms with van der Waals surface area (Å²) in [6, 6.07) is 0. The molecule has 1 aliphatic heterocycles. The highest BCUT2D eigenvalue weighted by molar-refractivity contribution is 14.1. The average molecular weight is 515 g/mol. The molecule has 1 heterocycles. The zero-order chi connectivity index (χ0) is 21.4. The molecular formula is C16H22INO10. The van der Waals surface area contributed by atoms with Crippen molar-refractivity contribution in [2.45, 2.75) is 58.3 Å². The first-order valence-corrected chi connectivity index (χ1v) is 9.73. The van der Waals surface area contributed by atoms with Crippen LogP contribution in [0.3, 0.4) is 0 Å². The van der Waals surface area contributed by atoms with Gasteiger partial charge in [0, 0.05) is 27.7 Å². The molecule has 0 bridgehead atoms. The normalized spacial score (nSPS) is 26.5. The molecule has 1 fully saturated rings. The van der Waals surface area contributed by atoms with Crippen molar-refractivity contribution in [2.75, 3.05) is 11.0 Å². The first-order valence-electron chi connectivity index (χ1n) is 8.21. The Morgan fingerprint density at radius 1 is 0.821 bits per heavy atom. The largest absolute Gasteiger partial charge is 0.463 e. The Morgan fingerprint density at radius 3 is 1.79 bits per heavy atom. The zero-order valence-electron chi connectivity index (χ0n) is 15.8. The van der Waals surface area contributed by atoms with Gasteiger partial charge in [0.1, 0.15) is 12.7 Å². The third kappa shape index (κ3) is 7.58. The topological polar surface area (TPSA) is 144 Å². The van der Waals surface area contributed by atoms with Crippen molar-refractivity contribution < 1.29 is 47.7 Å². The minimum absolute atomic E-state index is 0.0740. The maximum atomic E-state index is 11.9. The van der Waals surface area contributed by atoms with Crippen LogP contribution in [0.1, 0.15) is 27.7 Å². The van der Waals surface area contributed by atoms with Crippen LogP contribution in [0.5, 0.6) is 0 Å². The lowest BCUT2D eigenvalue weighted by molar-refractivity contribution is -0.256. The maximum Gasteiger partial charge on any atom is 0.303 e. The number of alkyl halides is 1. The van der Waals surface area contributed by atoms with E-state index in [0.717, 1.165) is 20.8 Å². The molecule has 158 valence electrons. The van der Waals surface area contributed by atoms with Gasteiger partial charge < -0.3 is 29.0 Å². The molecule has 0 aliphatic carbocycles. The van der Waals surface area contributed by atoms with Crippen LogP contribution < -0.4 is 5.32 Å². The fraction of sp³-hybridized carbons (Fsp3) is 0.688. The molecule has 1 N–H and O–H groups in total. The van der Waals surface area contributed by atoms with Crippen molar-refractivity contribution in [1.29, 1.82) is 0 Å². The van der Waals surface area contributed by atoms with Gasteiger partial charge in [0.05, 0.1) is 4.43 Å². The maximum absolute atomic E-state index is 11.9. The van der Waals surface area contributed by atoms with E-state index in [1.165, 1.54) is 6.92 Å². The number of hydrogen-bond donors (Lipinski definition) is 1. The van der Waals surface area contributed by atoms with Crippen molar-refractivity contribution in [2.24, 2.45) is 0 Å². The molecule has 0 aromatic carbocycles. The minimum Gasteiger partial charge on any atom is -0.463 e. The molecule has 0 aromatic heterocycles. The number of hydrogen-bond acceptors (Lipinski definition) is 10. The van der Waals surface area contributed by atoms with Gasteiger partial charge in [-0.2, -0.15) is 0 Å². The van der Waals surface area contributed by atoms with E-state index in [1.807, 2.05) is 22.6 Å². The van der Waals surface area contributed by atoms with Crippen molar-refractivity contribution in [3.63, 3.8) is 0 Å². The molecule has 0 aromatic rings. The third-order valence-corrected chi connectivity index (χ3v) is 4.11. The molecule has 0 spiro atoms. The SMILES string of the molecule is CC(=O)OC[C@H]1O[C@@H](NC(=O)CI)[C@H](OC(C)=O)[C@@H](OC(C)=O)[C@@H]1OC(C)=O. The van der Waals surface area contributed by atoms with Gasteiger partial charge in [-0.3, -0.25) is 24.0 Å². The highest BCUT2D eigenvalue weighted by Gasteiger charge is 2.52. The molecule has 0 unspecified atom stereocenters. The first kappa shape index (κ1) is 24.1. The Labute approximate surface area is 174 Å². The van der Waals surface area contributed by atoms with Gasteiger partial charge in [-0.1, -0.05) is 22.6 Å². The van der Waals surface area contributed by atoms with Crippen LogP contribution in [0.2, 0.25) is 0 Å². The standard InChI is InChI=1S/C16H22INO10/c1-7(19)24-6-11-13(25-8(2)20)14(26-9(3)21)15(27-10(4)22)16(28-11)18-12(23)5-17/h11,13-16H,5-6H2,1-4H3,(H,18,23)/t11-,13-,14+,15-,16-/m1/s1. The van der Waals surface area contributed by atoms with Crippen molar-refractivity contribution in [3.05, 3.63) is 0 Å². The van der Waals surface area contributed by atoms with Crippen molar-refractivity contribution in [1.82, 2.24) is 5.32 Å². The summed E-state index contributed by atoms with van der Waals surface area (Å²) in [6.07, 6.45) is -6.19. The number of nitrogens with one attached hydrogen (secondary N) is 1. The Balaban J connectivity index is 3.30. The molecule has 0 saturated carbocycles. The summed E-state index contributed by atoms with van der Waals surface area (Å²) < 4.78 is 26.3. The number of ether oxygens (including phenoxy) is 5. The van der Waals surface area contributed by atoms with Crippen LogP contribution in [-0.4, -0.2) is 71.5 Å². The van der Waals surface area contributed by atoms with E-state index in [1.54, 1.807) is 0 Å². The number of carbonyl (C=O) groups is 5. The van der Waals surface area contributed by atoms with Gasteiger partial charge in [0.2, 0.25) is 5.91 Å². The van der Waals surface area contributed by atoms with Gasteiger partial charge in [0.15, 0.2) is 24.5 Å². The molecule has 12 heteroatoms. The van der Waals surface area contributed by atoms with Gasteiger partial charge >= 0.3 is 23.9 Å². The Kier molecular flexibility index (Phi) is 9.58. The first-order chi connectivity index (χ1) is 13.0. The zero-order valence-corrected chi connectivity index (χ0v) is 17.9. The van der Waals surface area contributed by atoms with Crippen LogP contribution >= 0.6 is 22.6 Å². The van der Waals surface area contributed by atoms with Crippen molar-refractivity contribution in [3.8, 4) is 0 Å². The predicted molar refractivity (Wildman–Crippen MR) is 99.0 cm³/mol. The predicted octanol–water partition coefficient (Wildman–Crippen LogP) is -0.379. The number of halogens is 1. The van der Waals surface area contributed by atoms with Gasteiger partial charge in [-0.15, -0.1) is 0 Å². The second-order valence-electron chi connectivity index (χ2n) is 5.82. The Morgan fingerprint density at radius 2 is 1.32 bits per heavy atom. The summed E-state index contributed by atoms with van der Waals surface area (Å²) in [7, 11) is 0. The van der Waals surface area contributed by atoms with Crippen LogP contribution in [0, 0.1) is 0 Å². The molecule has 1 saturated heterocycles. The molecule has 0 radical (unpaired) electrons. The van der Waals surface area contributed by atoms with E-state index in [4.69, 9.17) is 23.7 Å². The van der Waals surface area contributed by atoms with Crippen LogP contribution in [0.25, 0.3) is 0 Å². The monoisotopic (exact) mass is 515 g/mol. The summed E-state index contributed by atoms with van der Waals surface area (Å²) >= 11 is 1.82. The lowest BCUT2D eigenvalue weighted by atomic mass is 9.97. The quantitative estimate of drug-likeness (QED) is 0.206. The highest BCUT2D eigenvalue weighted by atomic mass is 127. The summed E-state index contributed by atoms with van der Waals surface area (Å²) in [4.78, 5) is 57.8. The van der Waals surface area contributed by atoms with E-state index in [-0.39, 0.29) is 11.0 Å². The molecule has 28 heavy (non-hydrogen) atoms. The third-order valence-electron chi connectivity index (χ3n) is 3.42. The number of esters is 4. The molecule has 5 atom stereocenters. The summed E-state index contributed by atoms with van der Waals surface area (Å²) in [6.45, 7) is 4.18. The molecule has 11 nitrogen and oxygen atoms in total. The Hall–Kier alpha value is -1.96. The van der Waals surface area contributed by atoms with Crippen molar-refractivity contribution >= 4 is 52.4 Å². The van der Waals surface area contributed by atoms with Gasteiger partial charge in [-0.05, 0) is 0 Å². The fourth-order valence-electron chi connectivity index (χ4n) is 2.54. The smallest absolute Gasteiger partial charge is 0.303 e. The van der Waals surface area contributed by atoms with Crippen LogP contribution in [0.15, 0.2) is 0 Å². The second-order valence-corrected chi connectivity index (χ2v) is 6.58. The Bertz CT molecular complexity index is 625. The summed E-state index contributed by atoms with van der Waals surface area (Å²) in [5, 5.41) is 2.50. The minimum atomic E-state index is -1.31. The number of rotatable bonds is 7. The molecule has 1 rings (SSSR count). The van der Waals surface area contributed by atoms with E-state index in [2.05, 4.69) is 5.32 Å². The lowest BCUT2D eigenvalue weighted by Gasteiger charge is -2.44. The number of amides is 1. The summed E-state index contributed by atoms with van der Waals surface area (Å²) in [5.74, 6) is -3.27. The molecular weight excluding hydrogens is 493 g/mol. The fourth-order valence-corrected chi connectivity index (χ4v) is 2.76. The second kappa shape index (κ2) is 11.1.